The maximum Gasteiger partial charge on any atom is 0.312 e. The average molecular weight is 195 g/mol. The summed E-state index contributed by atoms with van der Waals surface area (Å²) in [5, 5.41) is 0. The molecule has 1 aromatic rings. The maximum absolute atomic E-state index is 11.1. The van der Waals surface area contributed by atoms with Gasteiger partial charge in [0.25, 0.3) is 5.88 Å². The Kier molecular flexibility index (Phi) is 3.22. The molecule has 6 heteroatoms. The van der Waals surface area contributed by atoms with Gasteiger partial charge in [-0.2, -0.15) is 4.98 Å². The van der Waals surface area contributed by atoms with Crippen molar-refractivity contribution in [3.63, 3.8) is 0 Å². The number of nitrogen functional groups attached to an aromatic ring is 2. The number of rotatable bonds is 3. The predicted molar refractivity (Wildman–Crippen MR) is 50.2 cm³/mol. The molecule has 1 radical (unpaired) electrons. The molecule has 0 fully saturated rings. The minimum atomic E-state index is -0.397. The van der Waals surface area contributed by atoms with Crippen LogP contribution < -0.4 is 16.2 Å². The zero-order valence-electron chi connectivity index (χ0n) is 7.78. The van der Waals surface area contributed by atoms with Crippen molar-refractivity contribution < 1.29 is 9.53 Å². The summed E-state index contributed by atoms with van der Waals surface area (Å²) in [6.07, 6.45) is 3.38. The number of esters is 1. The lowest BCUT2D eigenvalue weighted by molar-refractivity contribution is -0.134. The Morgan fingerprint density at radius 1 is 1.57 bits per heavy atom. The number of carbonyl (C=O) groups is 1. The van der Waals surface area contributed by atoms with Gasteiger partial charge >= 0.3 is 5.97 Å². The van der Waals surface area contributed by atoms with E-state index in [1.165, 1.54) is 0 Å². The highest BCUT2D eigenvalue weighted by atomic mass is 16.5. The quantitative estimate of drug-likeness (QED) is 0.665. The largest absolute Gasteiger partial charge is 0.405 e. The topological polar surface area (TPSA) is 104 Å². The van der Waals surface area contributed by atoms with Crippen LogP contribution in [0.15, 0.2) is 0 Å². The fourth-order valence-corrected chi connectivity index (χ4v) is 0.795. The molecule has 1 aromatic heterocycles. The molecular formula is C8H11N4O2. The molecule has 0 aliphatic rings. The Morgan fingerprint density at radius 2 is 2.29 bits per heavy atom. The van der Waals surface area contributed by atoms with Gasteiger partial charge in [-0.15, -0.1) is 0 Å². The van der Waals surface area contributed by atoms with Gasteiger partial charge in [-0.25, -0.2) is 4.98 Å². The van der Waals surface area contributed by atoms with Gasteiger partial charge in [-0.1, -0.05) is 6.92 Å². The van der Waals surface area contributed by atoms with Crippen LogP contribution >= 0.6 is 0 Å². The number of aromatic nitrogens is 2. The molecule has 6 nitrogen and oxygen atoms in total. The Hall–Kier alpha value is -1.85. The zero-order valence-corrected chi connectivity index (χ0v) is 7.78. The van der Waals surface area contributed by atoms with E-state index in [4.69, 9.17) is 16.2 Å². The molecule has 0 saturated carbocycles. The first-order chi connectivity index (χ1) is 6.63. The van der Waals surface area contributed by atoms with E-state index in [1.54, 1.807) is 0 Å². The monoisotopic (exact) mass is 195 g/mol. The zero-order chi connectivity index (χ0) is 10.6. The van der Waals surface area contributed by atoms with E-state index < -0.39 is 5.97 Å². The summed E-state index contributed by atoms with van der Waals surface area (Å²) >= 11 is 0. The minimum Gasteiger partial charge on any atom is -0.405 e. The second-order valence-electron chi connectivity index (χ2n) is 2.64. The molecule has 0 aliphatic heterocycles. The summed E-state index contributed by atoms with van der Waals surface area (Å²) in [4.78, 5) is 18.3. The smallest absolute Gasteiger partial charge is 0.312 e. The number of nitrogens with zero attached hydrogens (tertiary/aromatic N) is 2. The Labute approximate surface area is 81.3 Å². The SMILES string of the molecule is CCCC(=O)Oc1nc(N)n[c]c1N. The molecular weight excluding hydrogens is 184 g/mol. The summed E-state index contributed by atoms with van der Waals surface area (Å²) in [6, 6.07) is 0. The number of ether oxygens (including phenoxy) is 1. The van der Waals surface area contributed by atoms with E-state index in [0.717, 1.165) is 0 Å². The van der Waals surface area contributed by atoms with Gasteiger partial charge in [0.1, 0.15) is 11.9 Å². The molecule has 0 aromatic carbocycles. The Morgan fingerprint density at radius 3 is 2.93 bits per heavy atom. The van der Waals surface area contributed by atoms with Gasteiger partial charge in [0, 0.05) is 6.42 Å². The molecule has 0 amide bonds. The normalized spacial score (nSPS) is 9.79. The van der Waals surface area contributed by atoms with Crippen molar-refractivity contribution in [1.82, 2.24) is 9.97 Å². The van der Waals surface area contributed by atoms with E-state index in [0.29, 0.717) is 12.8 Å². The lowest BCUT2D eigenvalue weighted by Crippen LogP contribution is -2.11. The third-order valence-electron chi connectivity index (χ3n) is 1.40. The molecule has 0 bridgehead atoms. The number of hydrogen-bond donors (Lipinski definition) is 2. The van der Waals surface area contributed by atoms with Gasteiger partial charge in [-0.3, -0.25) is 4.79 Å². The van der Waals surface area contributed by atoms with Gasteiger partial charge in [0.05, 0.1) is 0 Å². The molecule has 14 heavy (non-hydrogen) atoms. The molecule has 1 rings (SSSR count). The van der Waals surface area contributed by atoms with Crippen LogP contribution in [-0.4, -0.2) is 15.9 Å². The average Bonchev–Trinajstić information content (AvgIpc) is 2.12. The van der Waals surface area contributed by atoms with Gasteiger partial charge in [-0.05, 0) is 6.42 Å². The number of nitrogens with two attached hydrogens (primary N) is 2. The first kappa shape index (κ1) is 10.2. The lowest BCUT2D eigenvalue weighted by atomic mass is 10.3. The van der Waals surface area contributed by atoms with E-state index in [-0.39, 0.29) is 17.5 Å². The standard InChI is InChI=1S/C8H11N4O2/c1-2-3-6(13)14-7-5(9)4-11-8(10)12-7/h2-3,9H2,1H3,(H2,10,11,12). The third-order valence-corrected chi connectivity index (χ3v) is 1.40. The molecule has 0 atom stereocenters. The summed E-state index contributed by atoms with van der Waals surface area (Å²) < 4.78 is 4.84. The summed E-state index contributed by atoms with van der Waals surface area (Å²) in [5.74, 6) is -0.458. The predicted octanol–water partition coefficient (Wildman–Crippen LogP) is 0.147. The highest BCUT2D eigenvalue weighted by molar-refractivity contribution is 5.73. The summed E-state index contributed by atoms with van der Waals surface area (Å²) in [5.41, 5.74) is 10.8. The van der Waals surface area contributed by atoms with Crippen LogP contribution in [0.25, 0.3) is 0 Å². The first-order valence-corrected chi connectivity index (χ1v) is 4.14. The lowest BCUT2D eigenvalue weighted by Gasteiger charge is -2.04. The van der Waals surface area contributed by atoms with Gasteiger partial charge < -0.3 is 16.2 Å². The second kappa shape index (κ2) is 4.40. The Balaban J connectivity index is 2.75. The fourth-order valence-electron chi connectivity index (χ4n) is 0.795. The third kappa shape index (κ3) is 2.58. The van der Waals surface area contributed by atoms with Crippen molar-refractivity contribution >= 4 is 17.6 Å². The van der Waals surface area contributed by atoms with Crippen molar-refractivity contribution in [3.05, 3.63) is 6.20 Å². The van der Waals surface area contributed by atoms with Crippen molar-refractivity contribution in [2.75, 3.05) is 11.5 Å². The van der Waals surface area contributed by atoms with E-state index in [1.807, 2.05) is 6.92 Å². The number of carbonyl (C=O) groups excluding carboxylic acids is 1. The molecule has 1 heterocycles. The first-order valence-electron chi connectivity index (χ1n) is 4.14. The molecule has 75 valence electrons. The van der Waals surface area contributed by atoms with Crippen LogP contribution in [0.1, 0.15) is 19.8 Å². The van der Waals surface area contributed by atoms with Crippen molar-refractivity contribution in [2.45, 2.75) is 19.8 Å². The van der Waals surface area contributed by atoms with Crippen LogP contribution in [0, 0.1) is 6.20 Å². The van der Waals surface area contributed by atoms with E-state index in [9.17, 15) is 4.79 Å². The number of hydrogen-bond acceptors (Lipinski definition) is 6. The van der Waals surface area contributed by atoms with Gasteiger partial charge in [0.15, 0.2) is 0 Å². The minimum absolute atomic E-state index is 0.0292. The molecule has 0 spiro atoms. The highest BCUT2D eigenvalue weighted by Gasteiger charge is 2.09. The van der Waals surface area contributed by atoms with Crippen molar-refractivity contribution in [3.8, 4) is 5.88 Å². The molecule has 0 aliphatic carbocycles. The van der Waals surface area contributed by atoms with Crippen LogP contribution in [0.4, 0.5) is 11.6 Å². The van der Waals surface area contributed by atoms with Crippen molar-refractivity contribution in [2.24, 2.45) is 0 Å². The fraction of sp³-hybridized carbons (Fsp3) is 0.375. The Bertz CT molecular complexity index is 340. The van der Waals surface area contributed by atoms with Crippen molar-refractivity contribution in [1.29, 1.82) is 0 Å². The van der Waals surface area contributed by atoms with Crippen LogP contribution in [0.5, 0.6) is 5.88 Å². The highest BCUT2D eigenvalue weighted by Crippen LogP contribution is 2.17. The van der Waals surface area contributed by atoms with Crippen LogP contribution in [-0.2, 0) is 4.79 Å². The van der Waals surface area contributed by atoms with Gasteiger partial charge in [0.2, 0.25) is 5.95 Å². The maximum atomic E-state index is 11.1. The molecule has 0 saturated heterocycles. The summed E-state index contributed by atoms with van der Waals surface area (Å²) in [6.45, 7) is 1.87. The van der Waals surface area contributed by atoms with Crippen LogP contribution in [0.2, 0.25) is 0 Å². The molecule has 0 unspecified atom stereocenters. The van der Waals surface area contributed by atoms with E-state index in [2.05, 4.69) is 16.2 Å². The number of anilines is 2. The molecule has 4 N–H and O–H groups in total. The van der Waals surface area contributed by atoms with Crippen LogP contribution in [0.3, 0.4) is 0 Å². The second-order valence-corrected chi connectivity index (χ2v) is 2.64. The van der Waals surface area contributed by atoms with E-state index >= 15 is 0 Å². The summed E-state index contributed by atoms with van der Waals surface area (Å²) in [7, 11) is 0.